The van der Waals surface area contributed by atoms with Crippen LogP contribution in [0.2, 0.25) is 0 Å². The summed E-state index contributed by atoms with van der Waals surface area (Å²) in [6.07, 6.45) is 2.00. The molecule has 0 unspecified atom stereocenters. The van der Waals surface area contributed by atoms with E-state index in [1.54, 1.807) is 11.8 Å². The molecule has 1 aliphatic rings. The van der Waals surface area contributed by atoms with Crippen LogP contribution in [0.5, 0.6) is 0 Å². The quantitative estimate of drug-likeness (QED) is 0.852. The molecule has 0 bridgehead atoms. The minimum atomic E-state index is 0.0113. The first-order valence-electron chi connectivity index (χ1n) is 6.71. The van der Waals surface area contributed by atoms with Gasteiger partial charge < -0.3 is 0 Å². The van der Waals surface area contributed by atoms with Gasteiger partial charge in [-0.2, -0.15) is 0 Å². The van der Waals surface area contributed by atoms with Gasteiger partial charge in [0.15, 0.2) is 0 Å². The van der Waals surface area contributed by atoms with Crippen LogP contribution in [-0.4, -0.2) is 28.0 Å². The number of nitrogens with zero attached hydrogens (tertiary/aromatic N) is 2. The van der Waals surface area contributed by atoms with E-state index in [1.165, 1.54) is 11.8 Å². The minimum absolute atomic E-state index is 0.0113. The summed E-state index contributed by atoms with van der Waals surface area (Å²) >= 11 is 5.99. The van der Waals surface area contributed by atoms with E-state index < -0.39 is 0 Å². The van der Waals surface area contributed by atoms with Gasteiger partial charge in [-0.3, -0.25) is 0 Å². The van der Waals surface area contributed by atoms with Crippen molar-refractivity contribution in [2.45, 2.75) is 20.8 Å². The van der Waals surface area contributed by atoms with Crippen molar-refractivity contribution >= 4 is 38.8 Å². The number of benzene rings is 1. The zero-order chi connectivity index (χ0) is 15.6. The molecule has 0 saturated carbocycles. The normalized spacial score (nSPS) is 14.6. The predicted octanol–water partition coefficient (Wildman–Crippen LogP) is 2.80. The first-order chi connectivity index (χ1) is 9.99. The van der Waals surface area contributed by atoms with Gasteiger partial charge in [0.05, 0.1) is 0 Å². The van der Waals surface area contributed by atoms with Crippen molar-refractivity contribution in [3.63, 3.8) is 0 Å². The number of nitrogens with one attached hydrogen (secondary N) is 1. The Morgan fingerprint density at radius 3 is 2.76 bits per heavy atom. The van der Waals surface area contributed by atoms with E-state index in [2.05, 4.69) is 15.3 Å². The summed E-state index contributed by atoms with van der Waals surface area (Å²) in [4.78, 5) is 15.3. The molecule has 1 N–H and O–H groups in total. The molecule has 0 spiro atoms. The van der Waals surface area contributed by atoms with Crippen molar-refractivity contribution in [3.8, 4) is 0 Å². The SMILES string of the molecule is C[CH-]c1ccc(N(CC)C(C)=O)cc1N1C(=N)SC[C]1=[Co]. The Kier molecular flexibility index (Phi) is 5.13. The van der Waals surface area contributed by atoms with Crippen LogP contribution in [-0.2, 0) is 20.1 Å². The average Bonchev–Trinajstić information content (AvgIpc) is 2.78. The summed E-state index contributed by atoms with van der Waals surface area (Å²) in [5, 5.41) is 8.54. The van der Waals surface area contributed by atoms with Gasteiger partial charge in [0.2, 0.25) is 0 Å². The van der Waals surface area contributed by atoms with Gasteiger partial charge in [-0.1, -0.05) is 0 Å². The van der Waals surface area contributed by atoms with Gasteiger partial charge in [0, 0.05) is 0 Å². The zero-order valence-electron chi connectivity index (χ0n) is 12.3. The van der Waals surface area contributed by atoms with Crippen molar-refractivity contribution in [1.29, 1.82) is 5.41 Å². The zero-order valence-corrected chi connectivity index (χ0v) is 14.1. The molecule has 6 heteroatoms. The Balaban J connectivity index is 2.50. The first kappa shape index (κ1) is 16.1. The van der Waals surface area contributed by atoms with Crippen LogP contribution in [0.4, 0.5) is 11.4 Å². The number of carbonyl (C=O) groups is 1. The molecule has 1 aromatic rings. The van der Waals surface area contributed by atoms with Crippen LogP contribution >= 0.6 is 11.8 Å². The third-order valence-corrected chi connectivity index (χ3v) is 4.84. The molecule has 1 amide bonds. The maximum absolute atomic E-state index is 11.7. The van der Waals surface area contributed by atoms with Gasteiger partial charge in [-0.05, 0) is 0 Å². The average molecular weight is 347 g/mol. The first-order valence-corrected chi connectivity index (χ1v) is 8.22. The van der Waals surface area contributed by atoms with Crippen LogP contribution in [0.15, 0.2) is 18.2 Å². The third kappa shape index (κ3) is 3.17. The Morgan fingerprint density at radius 2 is 2.29 bits per heavy atom. The second kappa shape index (κ2) is 6.68. The Labute approximate surface area is 137 Å². The van der Waals surface area contributed by atoms with Crippen molar-refractivity contribution in [3.05, 3.63) is 30.2 Å². The summed E-state index contributed by atoms with van der Waals surface area (Å²) in [6, 6.07) is 5.87. The standard InChI is InChI=1S/C15H18N3OS.Co/c1-4-12-6-7-13(17(5-2)11(3)19)10-14(12)18-8-9-20-15(18)16;/h4,6-7,10,16H,5,9H2,1-3H3;/q-1;. The summed E-state index contributed by atoms with van der Waals surface area (Å²) in [6.45, 7) is 6.09. The van der Waals surface area contributed by atoms with Crippen molar-refractivity contribution in [1.82, 2.24) is 0 Å². The molecular formula is C15H18CoN3OS-. The van der Waals surface area contributed by atoms with E-state index in [4.69, 9.17) is 5.41 Å². The number of amides is 1. The van der Waals surface area contributed by atoms with E-state index in [-0.39, 0.29) is 5.91 Å². The van der Waals surface area contributed by atoms with E-state index in [1.807, 2.05) is 43.4 Å². The summed E-state index contributed by atoms with van der Waals surface area (Å²) in [5.74, 6) is 0.716. The van der Waals surface area contributed by atoms with Crippen molar-refractivity contribution in [2.24, 2.45) is 0 Å². The van der Waals surface area contributed by atoms with Gasteiger partial charge in [-0.15, -0.1) is 0 Å². The third-order valence-electron chi connectivity index (χ3n) is 3.33. The predicted molar refractivity (Wildman–Crippen MR) is 86.9 cm³/mol. The van der Waals surface area contributed by atoms with E-state index in [0.717, 1.165) is 21.5 Å². The molecule has 0 aromatic heterocycles. The number of rotatable bonds is 4. The second-order valence-electron chi connectivity index (χ2n) is 4.57. The molecule has 115 valence electrons. The fraction of sp³-hybridized carbons (Fsp3) is 0.333. The van der Waals surface area contributed by atoms with Crippen LogP contribution < -0.4 is 9.80 Å². The molecule has 21 heavy (non-hydrogen) atoms. The molecule has 1 heterocycles. The van der Waals surface area contributed by atoms with Gasteiger partial charge in [0.1, 0.15) is 0 Å². The van der Waals surface area contributed by atoms with E-state index in [0.29, 0.717) is 17.5 Å². The number of hydrogen-bond donors (Lipinski definition) is 1. The monoisotopic (exact) mass is 347 g/mol. The van der Waals surface area contributed by atoms with Gasteiger partial charge in [-0.25, -0.2) is 0 Å². The number of carbonyl (C=O) groups excluding carboxylic acids is 1. The van der Waals surface area contributed by atoms with Crippen LogP contribution in [0.3, 0.4) is 0 Å². The molecular weight excluding hydrogens is 329 g/mol. The maximum atomic E-state index is 11.7. The van der Waals surface area contributed by atoms with Crippen molar-refractivity contribution in [2.75, 3.05) is 22.1 Å². The molecule has 1 fully saturated rings. The van der Waals surface area contributed by atoms with Gasteiger partial charge in [0.25, 0.3) is 0 Å². The fourth-order valence-electron chi connectivity index (χ4n) is 2.32. The Bertz CT molecular complexity index is 587. The Morgan fingerprint density at radius 1 is 1.57 bits per heavy atom. The molecule has 1 aliphatic heterocycles. The summed E-state index contributed by atoms with van der Waals surface area (Å²) in [5.41, 5.74) is 2.76. The molecule has 0 radical (unpaired) electrons. The van der Waals surface area contributed by atoms with Crippen molar-refractivity contribution < 1.29 is 20.1 Å². The molecule has 4 nitrogen and oxygen atoms in total. The number of amidine groups is 1. The van der Waals surface area contributed by atoms with E-state index in [9.17, 15) is 4.79 Å². The molecule has 1 saturated heterocycles. The molecule has 0 aliphatic carbocycles. The number of hydrogen-bond acceptors (Lipinski definition) is 3. The Hall–Kier alpha value is -1.24. The van der Waals surface area contributed by atoms with Crippen LogP contribution in [0.1, 0.15) is 26.3 Å². The van der Waals surface area contributed by atoms with Crippen LogP contribution in [0.25, 0.3) is 0 Å². The molecule has 1 aromatic carbocycles. The second-order valence-corrected chi connectivity index (χ2v) is 6.14. The van der Waals surface area contributed by atoms with Gasteiger partial charge >= 0.3 is 137 Å². The number of anilines is 2. The summed E-state index contributed by atoms with van der Waals surface area (Å²) < 4.78 is 0.837. The summed E-state index contributed by atoms with van der Waals surface area (Å²) in [7, 11) is 0. The van der Waals surface area contributed by atoms with Crippen LogP contribution in [0, 0.1) is 11.8 Å². The molecule has 2 rings (SSSR count). The van der Waals surface area contributed by atoms with E-state index >= 15 is 0 Å². The topological polar surface area (TPSA) is 47.4 Å². The molecule has 0 atom stereocenters. The number of thioether (sulfide) groups is 1. The fourth-order valence-corrected chi connectivity index (χ4v) is 3.57.